The molecule has 0 radical (unpaired) electrons. The van der Waals surface area contributed by atoms with Crippen LogP contribution in [0.1, 0.15) is 50.6 Å². The van der Waals surface area contributed by atoms with Gasteiger partial charge in [-0.05, 0) is 88.8 Å². The van der Waals surface area contributed by atoms with Crippen LogP contribution in [0.3, 0.4) is 0 Å². The summed E-state index contributed by atoms with van der Waals surface area (Å²) in [6.07, 6.45) is 11.8. The Morgan fingerprint density at radius 1 is 1.03 bits per heavy atom. The Morgan fingerprint density at radius 2 is 1.80 bits per heavy atom. The monoisotopic (exact) mass is 474 g/mol. The van der Waals surface area contributed by atoms with E-state index in [2.05, 4.69) is 57.5 Å². The number of likely N-dealkylation sites (tertiary alicyclic amines) is 1. The molecule has 3 heterocycles. The number of hydrogen-bond donors (Lipinski definition) is 1. The molecular weight excluding hydrogens is 436 g/mol. The number of aromatic nitrogens is 3. The third-order valence-corrected chi connectivity index (χ3v) is 7.97. The first-order valence-electron chi connectivity index (χ1n) is 13.1. The lowest BCUT2D eigenvalue weighted by Gasteiger charge is -2.31. The van der Waals surface area contributed by atoms with Crippen LogP contribution >= 0.6 is 0 Å². The molecule has 1 N–H and O–H groups in total. The fourth-order valence-electron chi connectivity index (χ4n) is 5.68. The molecule has 1 aliphatic heterocycles. The van der Waals surface area contributed by atoms with E-state index < -0.39 is 0 Å². The number of aryl methyl sites for hydroxylation is 1. The summed E-state index contributed by atoms with van der Waals surface area (Å²) in [4.78, 5) is 22.3. The van der Waals surface area contributed by atoms with Crippen molar-refractivity contribution >= 4 is 22.5 Å². The maximum absolute atomic E-state index is 12.9. The highest BCUT2D eigenvalue weighted by Crippen LogP contribution is 2.30. The highest BCUT2D eigenvalue weighted by atomic mass is 16.1. The Balaban J connectivity index is 1.32. The summed E-state index contributed by atoms with van der Waals surface area (Å²) in [5.41, 5.74) is 3.59. The number of pyridine rings is 1. The van der Waals surface area contributed by atoms with Gasteiger partial charge in [0, 0.05) is 42.7 Å². The minimum Gasteiger partial charge on any atom is -0.310 e. The first kappa shape index (κ1) is 23.9. The summed E-state index contributed by atoms with van der Waals surface area (Å²) in [5.74, 6) is 0.804. The lowest BCUT2D eigenvalue weighted by atomic mass is 9.85. The summed E-state index contributed by atoms with van der Waals surface area (Å²) < 4.78 is 2.01. The molecule has 1 amide bonds. The standard InChI is InChI=1S/C28H38N6O/c1-32(2)24-11-9-20(10-12-24)28(35)31-27-16-23-15-21(7-8-22(23)17-29-27)25-18-30-33(3)26(25)19-34-13-5-4-6-14-34/h7-8,15-18,20,24H,4-6,9-14,19H2,1-3H3,(H,29,31,35)/t20-,24-. The molecule has 2 aromatic heterocycles. The van der Waals surface area contributed by atoms with Crippen LogP contribution < -0.4 is 5.32 Å². The molecule has 2 aliphatic rings. The maximum atomic E-state index is 12.9. The molecule has 7 nitrogen and oxygen atoms in total. The molecular formula is C28H38N6O. The van der Waals surface area contributed by atoms with E-state index in [0.29, 0.717) is 11.9 Å². The molecule has 186 valence electrons. The fourth-order valence-corrected chi connectivity index (χ4v) is 5.68. The topological polar surface area (TPSA) is 66.3 Å². The van der Waals surface area contributed by atoms with E-state index in [0.717, 1.165) is 61.7 Å². The summed E-state index contributed by atoms with van der Waals surface area (Å²) in [5, 5.41) is 9.82. The van der Waals surface area contributed by atoms with E-state index in [-0.39, 0.29) is 11.8 Å². The number of amides is 1. The van der Waals surface area contributed by atoms with Gasteiger partial charge < -0.3 is 10.2 Å². The molecule has 1 aromatic carbocycles. The third kappa shape index (κ3) is 5.41. The average molecular weight is 475 g/mol. The minimum absolute atomic E-state index is 0.0720. The quantitative estimate of drug-likeness (QED) is 0.562. The summed E-state index contributed by atoms with van der Waals surface area (Å²) >= 11 is 0. The van der Waals surface area contributed by atoms with Crippen molar-refractivity contribution in [1.29, 1.82) is 0 Å². The van der Waals surface area contributed by atoms with Crippen LogP contribution in [0.4, 0.5) is 5.82 Å². The second kappa shape index (κ2) is 10.5. The predicted molar refractivity (Wildman–Crippen MR) is 141 cm³/mol. The predicted octanol–water partition coefficient (Wildman–Crippen LogP) is 4.68. The number of piperidine rings is 1. The first-order valence-corrected chi connectivity index (χ1v) is 13.1. The van der Waals surface area contributed by atoms with Crippen LogP contribution in [0, 0.1) is 5.92 Å². The van der Waals surface area contributed by atoms with Crippen LogP contribution in [-0.2, 0) is 18.4 Å². The molecule has 1 aliphatic carbocycles. The molecule has 1 saturated heterocycles. The van der Waals surface area contributed by atoms with Crippen LogP contribution in [0.2, 0.25) is 0 Å². The van der Waals surface area contributed by atoms with Crippen molar-refractivity contribution in [1.82, 2.24) is 24.6 Å². The molecule has 0 unspecified atom stereocenters. The van der Waals surface area contributed by atoms with Crippen molar-refractivity contribution < 1.29 is 4.79 Å². The minimum atomic E-state index is 0.0720. The third-order valence-electron chi connectivity index (χ3n) is 7.97. The zero-order chi connectivity index (χ0) is 24.4. The van der Waals surface area contributed by atoms with E-state index in [4.69, 9.17) is 0 Å². The largest absolute Gasteiger partial charge is 0.310 e. The number of fused-ring (bicyclic) bond motifs is 1. The molecule has 0 spiro atoms. The van der Waals surface area contributed by atoms with E-state index in [1.54, 1.807) is 0 Å². The Labute approximate surface area is 208 Å². The van der Waals surface area contributed by atoms with Gasteiger partial charge in [0.15, 0.2) is 0 Å². The van der Waals surface area contributed by atoms with E-state index in [9.17, 15) is 4.79 Å². The number of nitrogens with one attached hydrogen (secondary N) is 1. The van der Waals surface area contributed by atoms with Gasteiger partial charge in [0.05, 0.1) is 11.9 Å². The summed E-state index contributed by atoms with van der Waals surface area (Å²) in [6, 6.07) is 9.06. The van der Waals surface area contributed by atoms with Gasteiger partial charge in [-0.25, -0.2) is 4.98 Å². The van der Waals surface area contributed by atoms with E-state index >= 15 is 0 Å². The second-order valence-electron chi connectivity index (χ2n) is 10.6. The summed E-state index contributed by atoms with van der Waals surface area (Å²) in [7, 11) is 6.29. The van der Waals surface area contributed by atoms with Crippen LogP contribution in [0.25, 0.3) is 21.9 Å². The van der Waals surface area contributed by atoms with Crippen molar-refractivity contribution in [3.63, 3.8) is 0 Å². The summed E-state index contributed by atoms with van der Waals surface area (Å²) in [6.45, 7) is 3.25. The van der Waals surface area contributed by atoms with Crippen molar-refractivity contribution in [3.05, 3.63) is 42.4 Å². The van der Waals surface area contributed by atoms with Crippen molar-refractivity contribution in [2.45, 2.75) is 57.5 Å². The second-order valence-corrected chi connectivity index (χ2v) is 10.6. The number of benzene rings is 1. The molecule has 1 saturated carbocycles. The Kier molecular flexibility index (Phi) is 7.16. The highest BCUT2D eigenvalue weighted by Gasteiger charge is 2.27. The maximum Gasteiger partial charge on any atom is 0.228 e. The van der Waals surface area contributed by atoms with Gasteiger partial charge in [0.1, 0.15) is 5.82 Å². The molecule has 3 aromatic rings. The van der Waals surface area contributed by atoms with Crippen LogP contribution in [0.5, 0.6) is 0 Å². The number of nitrogens with zero attached hydrogens (tertiary/aromatic N) is 5. The Bertz CT molecular complexity index is 1170. The fraction of sp³-hybridized carbons (Fsp3) is 0.536. The van der Waals surface area contributed by atoms with E-state index in [1.165, 1.54) is 30.5 Å². The first-order chi connectivity index (χ1) is 17.0. The van der Waals surface area contributed by atoms with Crippen molar-refractivity contribution in [2.24, 2.45) is 13.0 Å². The van der Waals surface area contributed by atoms with Crippen molar-refractivity contribution in [3.8, 4) is 11.1 Å². The van der Waals surface area contributed by atoms with Gasteiger partial charge in [-0.15, -0.1) is 0 Å². The Hall–Kier alpha value is -2.77. The van der Waals surface area contributed by atoms with Gasteiger partial charge in [-0.1, -0.05) is 18.6 Å². The molecule has 35 heavy (non-hydrogen) atoms. The average Bonchev–Trinajstić information content (AvgIpc) is 3.24. The van der Waals surface area contributed by atoms with Gasteiger partial charge in [-0.2, -0.15) is 5.10 Å². The molecule has 5 rings (SSSR count). The number of anilines is 1. The van der Waals surface area contributed by atoms with Crippen molar-refractivity contribution in [2.75, 3.05) is 32.5 Å². The molecule has 7 heteroatoms. The zero-order valence-electron chi connectivity index (χ0n) is 21.3. The number of carbonyl (C=O) groups excluding carboxylic acids is 1. The van der Waals surface area contributed by atoms with Gasteiger partial charge in [0.25, 0.3) is 0 Å². The van der Waals surface area contributed by atoms with Crippen LogP contribution in [0.15, 0.2) is 36.7 Å². The highest BCUT2D eigenvalue weighted by molar-refractivity contribution is 5.95. The lowest BCUT2D eigenvalue weighted by molar-refractivity contribution is -0.121. The Morgan fingerprint density at radius 3 is 2.54 bits per heavy atom. The van der Waals surface area contributed by atoms with Crippen LogP contribution in [-0.4, -0.2) is 63.7 Å². The molecule has 2 fully saturated rings. The van der Waals surface area contributed by atoms with E-state index in [1.807, 2.05) is 30.2 Å². The zero-order valence-corrected chi connectivity index (χ0v) is 21.3. The molecule has 0 bridgehead atoms. The normalized spacial score (nSPS) is 21.5. The smallest absolute Gasteiger partial charge is 0.228 e. The number of hydrogen-bond acceptors (Lipinski definition) is 5. The number of carbonyl (C=O) groups is 1. The van der Waals surface area contributed by atoms with Gasteiger partial charge in [0.2, 0.25) is 5.91 Å². The van der Waals surface area contributed by atoms with Gasteiger partial charge >= 0.3 is 0 Å². The SMILES string of the molecule is Cn1ncc(-c2ccc3cnc(NC(=O)[C@H]4CC[C@H](N(C)C)CC4)cc3c2)c1CN1CCCCC1. The lowest BCUT2D eigenvalue weighted by Crippen LogP contribution is -2.35. The van der Waals surface area contributed by atoms with Gasteiger partial charge in [-0.3, -0.25) is 14.4 Å². The molecule has 0 atom stereocenters. The number of rotatable bonds is 6.